The largest absolute Gasteiger partial charge is 0.367 e. The minimum absolute atomic E-state index is 0.159. The quantitative estimate of drug-likeness (QED) is 0.816. The summed E-state index contributed by atoms with van der Waals surface area (Å²) in [6.45, 7) is 1.65. The molecule has 1 aliphatic rings. The van der Waals surface area contributed by atoms with Gasteiger partial charge in [-0.25, -0.2) is 0 Å². The van der Waals surface area contributed by atoms with Gasteiger partial charge in [0.25, 0.3) is 0 Å². The minimum atomic E-state index is -1.17. The van der Waals surface area contributed by atoms with Crippen molar-refractivity contribution in [1.29, 1.82) is 0 Å². The van der Waals surface area contributed by atoms with Crippen molar-refractivity contribution in [2.45, 2.75) is 44.6 Å². The van der Waals surface area contributed by atoms with Crippen molar-refractivity contribution in [3.63, 3.8) is 0 Å². The zero-order valence-electron chi connectivity index (χ0n) is 12.4. The average Bonchev–Trinajstić information content (AvgIpc) is 2.48. The fourth-order valence-corrected chi connectivity index (χ4v) is 2.64. The molecular formula is C17H22N2O2. The molecule has 0 aliphatic heterocycles. The van der Waals surface area contributed by atoms with Crippen LogP contribution in [0.4, 0.5) is 0 Å². The van der Waals surface area contributed by atoms with Crippen molar-refractivity contribution in [3.8, 4) is 0 Å². The predicted octanol–water partition coefficient (Wildman–Crippen LogP) is 2.39. The van der Waals surface area contributed by atoms with Gasteiger partial charge < -0.3 is 11.1 Å². The van der Waals surface area contributed by atoms with Gasteiger partial charge in [0, 0.05) is 6.42 Å². The highest BCUT2D eigenvalue weighted by Gasteiger charge is 2.34. The zero-order chi connectivity index (χ0) is 15.3. The van der Waals surface area contributed by atoms with E-state index in [1.807, 2.05) is 18.2 Å². The zero-order valence-corrected chi connectivity index (χ0v) is 12.4. The van der Waals surface area contributed by atoms with E-state index in [0.717, 1.165) is 24.8 Å². The molecule has 0 saturated carbocycles. The summed E-state index contributed by atoms with van der Waals surface area (Å²) in [6, 6.07) is 9.11. The summed E-state index contributed by atoms with van der Waals surface area (Å²) in [7, 11) is 0. The second-order valence-electron chi connectivity index (χ2n) is 5.69. The number of hydrogen-bond acceptors (Lipinski definition) is 2. The number of hydrogen-bond donors (Lipinski definition) is 2. The van der Waals surface area contributed by atoms with Crippen molar-refractivity contribution < 1.29 is 9.59 Å². The van der Waals surface area contributed by atoms with Gasteiger partial charge in [0.2, 0.25) is 11.8 Å². The van der Waals surface area contributed by atoms with Crippen LogP contribution in [0, 0.1) is 0 Å². The monoisotopic (exact) mass is 286 g/mol. The highest BCUT2D eigenvalue weighted by atomic mass is 16.2. The first-order valence-corrected chi connectivity index (χ1v) is 7.37. The Balaban J connectivity index is 2.11. The lowest BCUT2D eigenvalue weighted by Gasteiger charge is -2.28. The summed E-state index contributed by atoms with van der Waals surface area (Å²) in [4.78, 5) is 24.1. The van der Waals surface area contributed by atoms with Crippen molar-refractivity contribution >= 4 is 11.8 Å². The third-order valence-electron chi connectivity index (χ3n) is 4.01. The van der Waals surface area contributed by atoms with Crippen LogP contribution in [0.2, 0.25) is 0 Å². The van der Waals surface area contributed by atoms with Crippen LogP contribution in [0.1, 0.15) is 44.6 Å². The maximum absolute atomic E-state index is 12.2. The van der Waals surface area contributed by atoms with Crippen LogP contribution >= 0.6 is 0 Å². The van der Waals surface area contributed by atoms with Crippen molar-refractivity contribution in [3.05, 3.63) is 47.5 Å². The number of primary amides is 1. The Bertz CT molecular complexity index is 551. The molecule has 0 fully saturated rings. The van der Waals surface area contributed by atoms with Crippen LogP contribution in [0.5, 0.6) is 0 Å². The normalized spacial score (nSPS) is 17.5. The Kier molecular flexibility index (Phi) is 4.78. The molecule has 4 heteroatoms. The molecule has 0 saturated heterocycles. The summed E-state index contributed by atoms with van der Waals surface area (Å²) in [5.74, 6) is -0.715. The third-order valence-corrected chi connectivity index (χ3v) is 4.01. The van der Waals surface area contributed by atoms with Gasteiger partial charge in [-0.2, -0.15) is 0 Å². The van der Waals surface area contributed by atoms with E-state index < -0.39 is 11.4 Å². The molecule has 0 unspecified atom stereocenters. The van der Waals surface area contributed by atoms with Gasteiger partial charge in [0.1, 0.15) is 5.54 Å². The maximum atomic E-state index is 12.2. The molecule has 1 atom stereocenters. The van der Waals surface area contributed by atoms with Gasteiger partial charge in [-0.1, -0.05) is 42.0 Å². The van der Waals surface area contributed by atoms with Gasteiger partial charge in [-0.3, -0.25) is 9.59 Å². The van der Waals surface area contributed by atoms with Gasteiger partial charge in [0.05, 0.1) is 0 Å². The number of amides is 2. The fraction of sp³-hybridized carbons (Fsp3) is 0.412. The van der Waals surface area contributed by atoms with E-state index in [-0.39, 0.29) is 5.91 Å². The molecule has 1 aromatic rings. The van der Waals surface area contributed by atoms with E-state index in [1.54, 1.807) is 19.1 Å². The van der Waals surface area contributed by atoms with Crippen molar-refractivity contribution in [2.24, 2.45) is 5.73 Å². The number of nitrogens with one attached hydrogen (secondary N) is 1. The summed E-state index contributed by atoms with van der Waals surface area (Å²) in [6.07, 6.45) is 6.79. The molecule has 0 heterocycles. The Hall–Kier alpha value is -2.10. The van der Waals surface area contributed by atoms with Crippen molar-refractivity contribution in [2.75, 3.05) is 0 Å². The van der Waals surface area contributed by atoms with Crippen molar-refractivity contribution in [1.82, 2.24) is 5.32 Å². The van der Waals surface area contributed by atoms with E-state index in [0.29, 0.717) is 12.0 Å². The smallest absolute Gasteiger partial charge is 0.247 e. The van der Waals surface area contributed by atoms with E-state index in [2.05, 4.69) is 11.4 Å². The van der Waals surface area contributed by atoms with Crippen LogP contribution in [0.3, 0.4) is 0 Å². The molecule has 0 aromatic heterocycles. The van der Waals surface area contributed by atoms with Gasteiger partial charge in [-0.15, -0.1) is 0 Å². The molecular weight excluding hydrogens is 264 g/mol. The summed E-state index contributed by atoms with van der Waals surface area (Å²) in [5.41, 5.74) is 6.19. The molecule has 21 heavy (non-hydrogen) atoms. The second-order valence-corrected chi connectivity index (χ2v) is 5.69. The molecule has 3 N–H and O–H groups in total. The fourth-order valence-electron chi connectivity index (χ4n) is 2.64. The van der Waals surface area contributed by atoms with Gasteiger partial charge in [-0.05, 0) is 38.2 Å². The number of rotatable bonds is 5. The number of allylic oxidation sites excluding steroid dienone is 1. The predicted molar refractivity (Wildman–Crippen MR) is 82.3 cm³/mol. The minimum Gasteiger partial charge on any atom is -0.367 e. The second kappa shape index (κ2) is 6.57. The van der Waals surface area contributed by atoms with Crippen LogP contribution in [-0.2, 0) is 15.1 Å². The lowest BCUT2D eigenvalue weighted by molar-refractivity contribution is -0.131. The number of carbonyl (C=O) groups excluding carboxylic acids is 2. The molecule has 0 spiro atoms. The first-order chi connectivity index (χ1) is 10.0. The van der Waals surface area contributed by atoms with Crippen LogP contribution < -0.4 is 11.1 Å². The highest BCUT2D eigenvalue weighted by Crippen LogP contribution is 2.23. The molecule has 2 rings (SSSR count). The lowest BCUT2D eigenvalue weighted by atomic mass is 9.90. The SMILES string of the molecule is C[C@](NC(=O)CC1=CCCCC1)(C(N)=O)c1ccccc1. The highest BCUT2D eigenvalue weighted by molar-refractivity contribution is 5.91. The first-order valence-electron chi connectivity index (χ1n) is 7.37. The third kappa shape index (κ3) is 3.72. The van der Waals surface area contributed by atoms with Gasteiger partial charge >= 0.3 is 0 Å². The van der Waals surface area contributed by atoms with E-state index in [1.165, 1.54) is 6.42 Å². The first kappa shape index (κ1) is 15.3. The maximum Gasteiger partial charge on any atom is 0.247 e. The molecule has 1 aliphatic carbocycles. The van der Waals surface area contributed by atoms with Crippen LogP contribution in [0.25, 0.3) is 0 Å². The van der Waals surface area contributed by atoms with E-state index in [9.17, 15) is 9.59 Å². The Labute approximate surface area is 125 Å². The summed E-state index contributed by atoms with van der Waals surface area (Å²) < 4.78 is 0. The summed E-state index contributed by atoms with van der Waals surface area (Å²) >= 11 is 0. The number of benzene rings is 1. The Morgan fingerprint density at radius 1 is 1.24 bits per heavy atom. The summed E-state index contributed by atoms with van der Waals surface area (Å²) in [5, 5.41) is 2.80. The number of nitrogens with two attached hydrogens (primary N) is 1. The molecule has 0 bridgehead atoms. The van der Waals surface area contributed by atoms with Gasteiger partial charge in [0.15, 0.2) is 0 Å². The molecule has 112 valence electrons. The lowest BCUT2D eigenvalue weighted by Crippen LogP contribution is -2.52. The molecule has 2 amide bonds. The average molecular weight is 286 g/mol. The standard InChI is InChI=1S/C17H22N2O2/c1-17(16(18)21,14-10-6-3-7-11-14)19-15(20)12-13-8-4-2-5-9-13/h3,6-8,10-11H,2,4-5,9,12H2,1H3,(H2,18,21)(H,19,20)/t17-/m1/s1. The Morgan fingerprint density at radius 2 is 1.95 bits per heavy atom. The Morgan fingerprint density at radius 3 is 2.52 bits per heavy atom. The molecule has 0 radical (unpaired) electrons. The molecule has 4 nitrogen and oxygen atoms in total. The van der Waals surface area contributed by atoms with E-state index in [4.69, 9.17) is 5.73 Å². The topological polar surface area (TPSA) is 72.2 Å². The van der Waals surface area contributed by atoms with Crippen LogP contribution in [-0.4, -0.2) is 11.8 Å². The van der Waals surface area contributed by atoms with Crippen LogP contribution in [0.15, 0.2) is 42.0 Å². The number of carbonyl (C=O) groups is 2. The van der Waals surface area contributed by atoms with E-state index >= 15 is 0 Å². The molecule has 1 aromatic carbocycles.